The third kappa shape index (κ3) is 9.15. The molecule has 162 valence electrons. The van der Waals surface area contributed by atoms with E-state index in [0.717, 1.165) is 31.2 Å². The highest BCUT2D eigenvalue weighted by molar-refractivity contribution is 14.0. The Morgan fingerprint density at radius 1 is 1.10 bits per heavy atom. The number of aromatic nitrogens is 1. The lowest BCUT2D eigenvalue weighted by atomic mass is 10.2. The third-order valence-corrected chi connectivity index (χ3v) is 5.40. The molecule has 3 N–H and O–H groups in total. The first-order chi connectivity index (χ1) is 13.5. The van der Waals surface area contributed by atoms with E-state index in [0.29, 0.717) is 13.2 Å². The lowest BCUT2D eigenvalue weighted by molar-refractivity contribution is 0.204. The van der Waals surface area contributed by atoms with Gasteiger partial charge < -0.3 is 19.9 Å². The van der Waals surface area contributed by atoms with E-state index in [4.69, 9.17) is 4.74 Å². The fourth-order valence-corrected chi connectivity index (χ4v) is 3.48. The van der Waals surface area contributed by atoms with Gasteiger partial charge >= 0.3 is 0 Å². The van der Waals surface area contributed by atoms with Crippen molar-refractivity contribution in [2.75, 3.05) is 33.4 Å². The van der Waals surface area contributed by atoms with E-state index in [-0.39, 0.29) is 35.4 Å². The minimum absolute atomic E-state index is 0. The fourth-order valence-electron chi connectivity index (χ4n) is 2.47. The van der Waals surface area contributed by atoms with Gasteiger partial charge in [-0.2, -0.15) is 0 Å². The van der Waals surface area contributed by atoms with E-state index < -0.39 is 10.0 Å². The molecule has 0 bridgehead atoms. The summed E-state index contributed by atoms with van der Waals surface area (Å²) in [6, 6.07) is 10.7. The van der Waals surface area contributed by atoms with Crippen molar-refractivity contribution in [2.45, 2.75) is 24.9 Å². The van der Waals surface area contributed by atoms with Crippen LogP contribution in [0.1, 0.15) is 12.5 Å². The Labute approximate surface area is 190 Å². The number of hydrogen-bond acceptors (Lipinski definition) is 4. The lowest BCUT2D eigenvalue weighted by Gasteiger charge is -2.12. The predicted octanol–water partition coefficient (Wildman–Crippen LogP) is 1.79. The summed E-state index contributed by atoms with van der Waals surface area (Å²) in [6.07, 6.45) is 4.04. The largest absolute Gasteiger partial charge is 0.383 e. The highest BCUT2D eigenvalue weighted by Gasteiger charge is 2.12. The minimum Gasteiger partial charge on any atom is -0.383 e. The van der Waals surface area contributed by atoms with E-state index in [1.165, 1.54) is 7.11 Å². The average molecular weight is 535 g/mol. The molecule has 10 heteroatoms. The SMILES string of the molecule is CCNC(=NCc1ccc(S(=O)(=O)NCCOC)cc1)NCCn1cccc1.I. The van der Waals surface area contributed by atoms with Crippen molar-refractivity contribution in [2.24, 2.45) is 4.99 Å². The normalized spacial score (nSPS) is 11.7. The van der Waals surface area contributed by atoms with Gasteiger partial charge in [0.05, 0.1) is 18.0 Å². The molecule has 1 aromatic heterocycles. The molecule has 2 aromatic rings. The van der Waals surface area contributed by atoms with Crippen molar-refractivity contribution < 1.29 is 13.2 Å². The number of aliphatic imine (C=N–C) groups is 1. The first-order valence-electron chi connectivity index (χ1n) is 9.25. The van der Waals surface area contributed by atoms with Gasteiger partial charge in [0.2, 0.25) is 10.0 Å². The number of sulfonamides is 1. The predicted molar refractivity (Wildman–Crippen MR) is 126 cm³/mol. The summed E-state index contributed by atoms with van der Waals surface area (Å²) in [6.45, 7) is 5.41. The molecule has 2 rings (SSSR count). The summed E-state index contributed by atoms with van der Waals surface area (Å²) < 4.78 is 33.8. The number of hydrogen-bond donors (Lipinski definition) is 3. The van der Waals surface area contributed by atoms with Crippen LogP contribution in [0.15, 0.2) is 58.7 Å². The second-order valence-electron chi connectivity index (χ2n) is 6.08. The van der Waals surface area contributed by atoms with Gasteiger partial charge in [0, 0.05) is 45.7 Å². The summed E-state index contributed by atoms with van der Waals surface area (Å²) in [7, 11) is -1.99. The molecule has 0 unspecified atom stereocenters. The second-order valence-corrected chi connectivity index (χ2v) is 7.84. The molecule has 0 atom stereocenters. The van der Waals surface area contributed by atoms with Gasteiger partial charge in [-0.05, 0) is 36.8 Å². The van der Waals surface area contributed by atoms with E-state index in [1.54, 1.807) is 24.3 Å². The van der Waals surface area contributed by atoms with Crippen molar-refractivity contribution >= 4 is 40.0 Å². The van der Waals surface area contributed by atoms with Crippen molar-refractivity contribution in [3.05, 3.63) is 54.4 Å². The van der Waals surface area contributed by atoms with E-state index in [2.05, 4.69) is 24.9 Å². The summed E-state index contributed by atoms with van der Waals surface area (Å²) >= 11 is 0. The van der Waals surface area contributed by atoms with Crippen molar-refractivity contribution in [1.82, 2.24) is 19.9 Å². The summed E-state index contributed by atoms with van der Waals surface area (Å²) in [5, 5.41) is 6.50. The number of halogens is 1. The highest BCUT2D eigenvalue weighted by atomic mass is 127. The van der Waals surface area contributed by atoms with E-state index in [1.807, 2.05) is 31.5 Å². The number of rotatable bonds is 11. The van der Waals surface area contributed by atoms with Gasteiger partial charge in [-0.25, -0.2) is 18.1 Å². The first-order valence-corrected chi connectivity index (χ1v) is 10.7. The number of ether oxygens (including phenoxy) is 1. The maximum absolute atomic E-state index is 12.2. The fraction of sp³-hybridized carbons (Fsp3) is 0.421. The Morgan fingerprint density at radius 2 is 1.79 bits per heavy atom. The Kier molecular flexibility index (Phi) is 11.9. The average Bonchev–Trinajstić information content (AvgIpc) is 3.20. The molecule has 29 heavy (non-hydrogen) atoms. The Bertz CT molecular complexity index is 824. The van der Waals surface area contributed by atoms with Crippen LogP contribution < -0.4 is 15.4 Å². The van der Waals surface area contributed by atoms with Crippen LogP contribution in [0.5, 0.6) is 0 Å². The van der Waals surface area contributed by atoms with Gasteiger partial charge in [-0.15, -0.1) is 24.0 Å². The standard InChI is InChI=1S/C19H29N5O3S.HI/c1-3-20-19(21-10-14-24-12-4-5-13-24)22-16-17-6-8-18(9-7-17)28(25,26)23-11-15-27-2;/h4-9,12-13,23H,3,10-11,14-16H2,1-2H3,(H2,20,21,22);1H. The molecule has 0 aliphatic carbocycles. The van der Waals surface area contributed by atoms with Crippen LogP contribution in [0.4, 0.5) is 0 Å². The van der Waals surface area contributed by atoms with Crippen LogP contribution in [0.2, 0.25) is 0 Å². The molecule has 0 spiro atoms. The van der Waals surface area contributed by atoms with Gasteiger partial charge in [0.1, 0.15) is 0 Å². The molecule has 0 saturated heterocycles. The zero-order valence-corrected chi connectivity index (χ0v) is 19.9. The number of benzene rings is 1. The van der Waals surface area contributed by atoms with Crippen molar-refractivity contribution in [3.63, 3.8) is 0 Å². The maximum Gasteiger partial charge on any atom is 0.240 e. The highest BCUT2D eigenvalue weighted by Crippen LogP contribution is 2.11. The molecule has 1 aromatic carbocycles. The van der Waals surface area contributed by atoms with Gasteiger partial charge in [0.25, 0.3) is 0 Å². The number of nitrogens with one attached hydrogen (secondary N) is 3. The summed E-state index contributed by atoms with van der Waals surface area (Å²) in [5.41, 5.74) is 0.929. The Morgan fingerprint density at radius 3 is 2.41 bits per heavy atom. The number of nitrogens with zero attached hydrogens (tertiary/aromatic N) is 2. The smallest absolute Gasteiger partial charge is 0.240 e. The third-order valence-electron chi connectivity index (χ3n) is 3.92. The van der Waals surface area contributed by atoms with E-state index >= 15 is 0 Å². The first kappa shape index (κ1) is 25.4. The van der Waals surface area contributed by atoms with Crippen LogP contribution in [0, 0.1) is 0 Å². The van der Waals surface area contributed by atoms with E-state index in [9.17, 15) is 8.42 Å². The molecular formula is C19H30IN5O3S. The molecular weight excluding hydrogens is 505 g/mol. The topological polar surface area (TPSA) is 96.8 Å². The maximum atomic E-state index is 12.2. The molecule has 0 aliphatic heterocycles. The number of guanidine groups is 1. The zero-order valence-electron chi connectivity index (χ0n) is 16.8. The van der Waals surface area contributed by atoms with Crippen LogP contribution in [-0.2, 0) is 27.8 Å². The molecule has 0 fully saturated rings. The minimum atomic E-state index is -3.52. The Hall–Kier alpha value is -1.63. The molecule has 8 nitrogen and oxygen atoms in total. The lowest BCUT2D eigenvalue weighted by Crippen LogP contribution is -2.38. The van der Waals surface area contributed by atoms with Crippen LogP contribution in [-0.4, -0.2) is 52.3 Å². The number of methoxy groups -OCH3 is 1. The second kappa shape index (κ2) is 13.6. The molecule has 0 amide bonds. The van der Waals surface area contributed by atoms with Crippen LogP contribution >= 0.6 is 24.0 Å². The van der Waals surface area contributed by atoms with Crippen LogP contribution in [0.3, 0.4) is 0 Å². The van der Waals surface area contributed by atoms with Gasteiger partial charge in [-0.1, -0.05) is 12.1 Å². The molecule has 1 heterocycles. The molecule has 0 saturated carbocycles. The summed E-state index contributed by atoms with van der Waals surface area (Å²) in [5.74, 6) is 0.729. The quantitative estimate of drug-likeness (QED) is 0.177. The molecule has 0 aliphatic rings. The summed E-state index contributed by atoms with van der Waals surface area (Å²) in [4.78, 5) is 4.79. The van der Waals surface area contributed by atoms with Gasteiger partial charge in [-0.3, -0.25) is 0 Å². The zero-order chi connectivity index (χ0) is 20.2. The molecule has 0 radical (unpaired) electrons. The van der Waals surface area contributed by atoms with Crippen molar-refractivity contribution in [3.8, 4) is 0 Å². The Balaban J connectivity index is 0.00000420. The van der Waals surface area contributed by atoms with Crippen molar-refractivity contribution in [1.29, 1.82) is 0 Å². The monoisotopic (exact) mass is 535 g/mol. The van der Waals surface area contributed by atoms with Crippen LogP contribution in [0.25, 0.3) is 0 Å². The van der Waals surface area contributed by atoms with Gasteiger partial charge in [0.15, 0.2) is 5.96 Å².